The van der Waals surface area contributed by atoms with Gasteiger partial charge in [-0.15, -0.1) is 0 Å². The molecule has 0 amide bonds. The Morgan fingerprint density at radius 3 is 2.62 bits per heavy atom. The summed E-state index contributed by atoms with van der Waals surface area (Å²) in [6.07, 6.45) is 4.98. The molecule has 1 saturated heterocycles. The van der Waals surface area contributed by atoms with E-state index in [4.69, 9.17) is 4.74 Å². The largest absolute Gasteiger partial charge is 0.379 e. The normalized spacial score (nSPS) is 18.2. The fourth-order valence-corrected chi connectivity index (χ4v) is 2.60. The van der Waals surface area contributed by atoms with Crippen LogP contribution in [0.4, 0.5) is 0 Å². The van der Waals surface area contributed by atoms with Crippen LogP contribution >= 0.6 is 0 Å². The smallest absolute Gasteiger partial charge is 0.191 e. The molecule has 1 aliphatic rings. The maximum atomic E-state index is 5.54. The van der Waals surface area contributed by atoms with Crippen LogP contribution < -0.4 is 10.6 Å². The van der Waals surface area contributed by atoms with Gasteiger partial charge in [0.05, 0.1) is 6.10 Å². The molecule has 1 rings (SSSR count). The van der Waals surface area contributed by atoms with E-state index in [2.05, 4.69) is 41.3 Å². The lowest BCUT2D eigenvalue weighted by Crippen LogP contribution is -2.49. The van der Waals surface area contributed by atoms with Gasteiger partial charge in [-0.3, -0.25) is 4.99 Å². The van der Waals surface area contributed by atoms with Crippen LogP contribution in [-0.2, 0) is 4.74 Å². The van der Waals surface area contributed by atoms with Gasteiger partial charge in [-0.1, -0.05) is 6.92 Å². The Kier molecular flexibility index (Phi) is 9.42. The highest BCUT2D eigenvalue weighted by Gasteiger charge is 2.19. The summed E-state index contributed by atoms with van der Waals surface area (Å²) in [6, 6.07) is 0.552. The van der Waals surface area contributed by atoms with Crippen molar-refractivity contribution >= 4 is 5.96 Å². The molecule has 5 nitrogen and oxygen atoms in total. The standard InChI is InChI=1S/C16H34N4O/c1-5-10-20-11-7-15(8-12-20)19-16(17-4)18-9-6-13-21-14(2)3/h14-15H,5-13H2,1-4H3,(H2,17,18,19). The molecule has 0 unspecified atom stereocenters. The van der Waals surface area contributed by atoms with Crippen LogP contribution in [0.15, 0.2) is 4.99 Å². The lowest BCUT2D eigenvalue weighted by Gasteiger charge is -2.32. The van der Waals surface area contributed by atoms with Crippen LogP contribution in [0.5, 0.6) is 0 Å². The molecule has 1 fully saturated rings. The maximum absolute atomic E-state index is 5.54. The van der Waals surface area contributed by atoms with Crippen molar-refractivity contribution in [3.05, 3.63) is 0 Å². The Bertz CT molecular complexity index is 286. The predicted octanol–water partition coefficient (Wildman–Crippen LogP) is 1.84. The molecule has 0 radical (unpaired) electrons. The molecule has 1 aliphatic heterocycles. The van der Waals surface area contributed by atoms with Crippen LogP contribution in [0, 0.1) is 0 Å². The number of aliphatic imine (C=N–C) groups is 1. The number of rotatable bonds is 8. The van der Waals surface area contributed by atoms with Crippen molar-refractivity contribution in [3.8, 4) is 0 Å². The SMILES string of the molecule is CCCN1CCC(NC(=NC)NCCCOC(C)C)CC1. The van der Waals surface area contributed by atoms with Gasteiger partial charge in [0, 0.05) is 39.3 Å². The van der Waals surface area contributed by atoms with Gasteiger partial charge in [-0.2, -0.15) is 0 Å². The Balaban J connectivity index is 2.14. The maximum Gasteiger partial charge on any atom is 0.191 e. The van der Waals surface area contributed by atoms with Gasteiger partial charge in [0.25, 0.3) is 0 Å². The first-order valence-corrected chi connectivity index (χ1v) is 8.46. The zero-order valence-electron chi connectivity index (χ0n) is 14.3. The third-order valence-corrected chi connectivity index (χ3v) is 3.76. The first-order chi connectivity index (χ1) is 10.2. The molecular formula is C16H34N4O. The topological polar surface area (TPSA) is 48.9 Å². The van der Waals surface area contributed by atoms with Crippen LogP contribution in [0.3, 0.4) is 0 Å². The number of likely N-dealkylation sites (tertiary alicyclic amines) is 1. The van der Waals surface area contributed by atoms with Crippen molar-refractivity contribution < 1.29 is 4.74 Å². The molecule has 0 aromatic rings. The van der Waals surface area contributed by atoms with E-state index in [1.165, 1.54) is 38.9 Å². The van der Waals surface area contributed by atoms with Crippen LogP contribution in [0.2, 0.25) is 0 Å². The predicted molar refractivity (Wildman–Crippen MR) is 90.0 cm³/mol. The van der Waals surface area contributed by atoms with E-state index < -0.39 is 0 Å². The van der Waals surface area contributed by atoms with Crippen LogP contribution in [-0.4, -0.2) is 62.8 Å². The second-order valence-corrected chi connectivity index (χ2v) is 6.03. The highest BCUT2D eigenvalue weighted by molar-refractivity contribution is 5.79. The summed E-state index contributed by atoms with van der Waals surface area (Å²) in [5.41, 5.74) is 0. The summed E-state index contributed by atoms with van der Waals surface area (Å²) in [5, 5.41) is 6.91. The van der Waals surface area contributed by atoms with Gasteiger partial charge in [-0.25, -0.2) is 0 Å². The molecule has 21 heavy (non-hydrogen) atoms. The summed E-state index contributed by atoms with van der Waals surface area (Å²) in [5.74, 6) is 0.925. The molecule has 0 aromatic carbocycles. The average molecular weight is 298 g/mol. The highest BCUT2D eigenvalue weighted by atomic mass is 16.5. The van der Waals surface area contributed by atoms with E-state index in [0.717, 1.165) is 25.5 Å². The summed E-state index contributed by atoms with van der Waals surface area (Å²) in [4.78, 5) is 6.86. The fourth-order valence-electron chi connectivity index (χ4n) is 2.60. The van der Waals surface area contributed by atoms with Crippen molar-refractivity contribution in [3.63, 3.8) is 0 Å². The molecular weight excluding hydrogens is 264 g/mol. The highest BCUT2D eigenvalue weighted by Crippen LogP contribution is 2.10. The van der Waals surface area contributed by atoms with Crippen LogP contribution in [0.1, 0.15) is 46.5 Å². The Morgan fingerprint density at radius 1 is 1.33 bits per heavy atom. The van der Waals surface area contributed by atoms with E-state index in [-0.39, 0.29) is 0 Å². The zero-order valence-corrected chi connectivity index (χ0v) is 14.3. The molecule has 0 saturated carbocycles. The van der Waals surface area contributed by atoms with Gasteiger partial charge in [0.15, 0.2) is 5.96 Å². The number of nitrogens with zero attached hydrogens (tertiary/aromatic N) is 2. The number of piperidine rings is 1. The fraction of sp³-hybridized carbons (Fsp3) is 0.938. The number of hydrogen-bond acceptors (Lipinski definition) is 3. The lowest BCUT2D eigenvalue weighted by molar-refractivity contribution is 0.0776. The molecule has 1 heterocycles. The van der Waals surface area contributed by atoms with Gasteiger partial charge in [0.2, 0.25) is 0 Å². The average Bonchev–Trinajstić information content (AvgIpc) is 2.47. The summed E-state index contributed by atoms with van der Waals surface area (Å²) in [7, 11) is 1.84. The monoisotopic (exact) mass is 298 g/mol. The van der Waals surface area contributed by atoms with E-state index in [1.54, 1.807) is 0 Å². The summed E-state index contributed by atoms with van der Waals surface area (Å²) < 4.78 is 5.54. The number of ether oxygens (including phenoxy) is 1. The summed E-state index contributed by atoms with van der Waals surface area (Å²) >= 11 is 0. The van der Waals surface area contributed by atoms with Crippen molar-refractivity contribution in [1.29, 1.82) is 0 Å². The lowest BCUT2D eigenvalue weighted by atomic mass is 10.1. The van der Waals surface area contributed by atoms with Crippen molar-refractivity contribution in [1.82, 2.24) is 15.5 Å². The zero-order chi connectivity index (χ0) is 15.5. The van der Waals surface area contributed by atoms with Gasteiger partial charge in [-0.05, 0) is 46.1 Å². The van der Waals surface area contributed by atoms with Gasteiger partial charge < -0.3 is 20.3 Å². The molecule has 124 valence electrons. The molecule has 2 N–H and O–H groups in total. The second-order valence-electron chi connectivity index (χ2n) is 6.03. The van der Waals surface area contributed by atoms with Crippen LogP contribution in [0.25, 0.3) is 0 Å². The third-order valence-electron chi connectivity index (χ3n) is 3.76. The number of guanidine groups is 1. The minimum absolute atomic E-state index is 0.316. The molecule has 0 spiro atoms. The van der Waals surface area contributed by atoms with Crippen molar-refractivity contribution in [2.24, 2.45) is 4.99 Å². The Morgan fingerprint density at radius 2 is 2.05 bits per heavy atom. The second kappa shape index (κ2) is 10.9. The molecule has 0 bridgehead atoms. The summed E-state index contributed by atoms with van der Waals surface area (Å²) in [6.45, 7) is 11.7. The minimum atomic E-state index is 0.316. The molecule has 0 aromatic heterocycles. The first-order valence-electron chi connectivity index (χ1n) is 8.46. The van der Waals surface area contributed by atoms with Crippen molar-refractivity contribution in [2.75, 3.05) is 39.8 Å². The van der Waals surface area contributed by atoms with E-state index in [0.29, 0.717) is 12.1 Å². The van der Waals surface area contributed by atoms with Gasteiger partial charge >= 0.3 is 0 Å². The Hall–Kier alpha value is -0.810. The van der Waals surface area contributed by atoms with E-state index in [1.807, 2.05) is 7.05 Å². The van der Waals surface area contributed by atoms with E-state index >= 15 is 0 Å². The Labute approximate surface area is 130 Å². The first kappa shape index (κ1) is 18.2. The third kappa shape index (κ3) is 8.27. The minimum Gasteiger partial charge on any atom is -0.379 e. The number of hydrogen-bond donors (Lipinski definition) is 2. The van der Waals surface area contributed by atoms with Crippen molar-refractivity contribution in [2.45, 2.75) is 58.6 Å². The van der Waals surface area contributed by atoms with E-state index in [9.17, 15) is 0 Å². The molecule has 0 aliphatic carbocycles. The molecule has 5 heteroatoms. The molecule has 0 atom stereocenters. The van der Waals surface area contributed by atoms with Gasteiger partial charge in [0.1, 0.15) is 0 Å². The number of nitrogens with one attached hydrogen (secondary N) is 2. The quantitative estimate of drug-likeness (QED) is 0.408.